The number of carbonyl (C=O) groups excluding carboxylic acids is 13. The molecule has 0 radical (unpaired) electrons. The number of amides is 13. The third-order valence-corrected chi connectivity index (χ3v) is 16.7. The summed E-state index contributed by atoms with van der Waals surface area (Å²) >= 11 is 0. The average molecular weight is 1490 g/mol. The fourth-order valence-corrected chi connectivity index (χ4v) is 11.0. The number of guanidine groups is 3. The Hall–Kier alpha value is -10.8. The van der Waals surface area contributed by atoms with Crippen LogP contribution in [0, 0.1) is 0 Å². The molecule has 0 aromatic heterocycles. The zero-order valence-corrected chi connectivity index (χ0v) is 60.5. The van der Waals surface area contributed by atoms with Gasteiger partial charge in [-0.05, 0) is 141 Å². The van der Waals surface area contributed by atoms with Gasteiger partial charge in [0.25, 0.3) is 0 Å². The molecule has 39 nitrogen and oxygen atoms in total. The topological polar surface area (TPSA) is 675 Å². The smallest absolute Gasteiger partial charge is 0.245 e. The number of primary amides is 1. The second-order valence-electron chi connectivity index (χ2n) is 25.6. The Morgan fingerprint density at radius 2 is 0.849 bits per heavy atom. The van der Waals surface area contributed by atoms with Gasteiger partial charge in [0.15, 0.2) is 17.9 Å². The molecule has 13 amide bonds. The Morgan fingerprint density at radius 3 is 1.31 bits per heavy atom. The van der Waals surface area contributed by atoms with Gasteiger partial charge in [0, 0.05) is 32.6 Å². The fourth-order valence-electron chi connectivity index (χ4n) is 11.0. The lowest BCUT2D eigenvalue weighted by atomic mass is 10.0. The third-order valence-electron chi connectivity index (χ3n) is 16.7. The molecule has 1 saturated heterocycles. The summed E-state index contributed by atoms with van der Waals surface area (Å²) in [6.45, 7) is 3.20. The highest BCUT2D eigenvalue weighted by atomic mass is 16.3. The van der Waals surface area contributed by atoms with Crippen molar-refractivity contribution in [3.63, 3.8) is 0 Å². The van der Waals surface area contributed by atoms with Gasteiger partial charge in [-0.2, -0.15) is 0 Å². The van der Waals surface area contributed by atoms with Crippen LogP contribution in [-0.2, 0) is 75.2 Å². The molecule has 0 saturated carbocycles. The normalized spacial score (nSPS) is 15.5. The van der Waals surface area contributed by atoms with Crippen molar-refractivity contribution in [2.45, 2.75) is 196 Å². The van der Waals surface area contributed by atoms with Crippen LogP contribution in [0.25, 0.3) is 0 Å². The number of hydrogen-bond acceptors (Lipinski definition) is 20. The molecule has 12 atom stereocenters. The highest BCUT2D eigenvalue weighted by Crippen LogP contribution is 2.21. The summed E-state index contributed by atoms with van der Waals surface area (Å²) in [5.41, 5.74) is 57.4. The Morgan fingerprint density at radius 1 is 0.453 bits per heavy atom. The van der Waals surface area contributed by atoms with E-state index in [1.54, 1.807) is 60.7 Å². The Bertz CT molecular complexity index is 3300. The molecule has 32 N–H and O–H groups in total. The number of aliphatic imine (C=N–C) groups is 3. The van der Waals surface area contributed by atoms with E-state index >= 15 is 0 Å². The molecule has 1 aliphatic rings. The highest BCUT2D eigenvalue weighted by Gasteiger charge is 2.40. The maximum atomic E-state index is 14.6. The van der Waals surface area contributed by atoms with Gasteiger partial charge in [-0.15, -0.1) is 0 Å². The van der Waals surface area contributed by atoms with E-state index in [2.05, 4.69) is 73.5 Å². The monoisotopic (exact) mass is 1490 g/mol. The maximum absolute atomic E-state index is 14.6. The first-order chi connectivity index (χ1) is 50.3. The SMILES string of the molecule is C[C@H](NC(=O)CNC(=O)[C@@H](NC(=O)[C@H](Cc1ccccc1)NC(=O)[C@H](CCCN=C(N)N)NC(=O)CNC(=O)[C@@H](N)Cc1ccccc1)[C@@H](C)O)C(=O)N[C@@H](CCCN=C(N)N)C(=O)N[C@@H](CCCCN)C(=O)N1CCC[C@H]1C(=O)N[C@@H](C)C(=O)N[C@@H](CCCN=C(N)N)C(=O)N[C@@H](CCCCN)C(N)=O. The number of nitrogens with zero attached hydrogens (tertiary/aromatic N) is 4. The van der Waals surface area contributed by atoms with Crippen LogP contribution in [0.15, 0.2) is 75.6 Å². The predicted molar refractivity (Wildman–Crippen MR) is 394 cm³/mol. The summed E-state index contributed by atoms with van der Waals surface area (Å²) < 4.78 is 0. The second kappa shape index (κ2) is 48.3. The number of unbranched alkanes of at least 4 members (excludes halogenated alkanes) is 2. The van der Waals surface area contributed by atoms with E-state index in [4.69, 9.17) is 57.3 Å². The standard InChI is InChI=1S/C67H111N25O14/c1-38(83-51(94)36-82-63(105)53(40(3)93)91-61(103)49(35-42-20-8-5-9-21-42)90-58(100)45(24-14-30-78-65(72)73)85-52(95)37-81-57(99)43(70)34-41-18-6-4-7-19-41)55(97)87-47(26-16-32-80-67(76)77)60(102)89-48(23-11-13-29-69)64(106)92-33-17-27-50(92)62(104)84-39(2)56(98)88-46(25-15-31-79-66(74)75)59(101)86-44(54(71)96)22-10-12-28-68/h4-9,18-21,38-40,43-50,53,93H,10-17,22-37,68-70H2,1-3H3,(H2,71,96)(H,81,99)(H,82,105)(H,83,94)(H,84,104)(H,85,95)(H,86,101)(H,87,97)(H,88,98)(H,89,102)(H,90,100)(H,91,103)(H4,72,73,78)(H4,74,75,79)(H4,76,77,80)/t38-,39-,40+,43-,44-,45-,46-,47-,48-,49-,50-,53-/m0/s1. The van der Waals surface area contributed by atoms with Gasteiger partial charge >= 0.3 is 0 Å². The zero-order valence-electron chi connectivity index (χ0n) is 60.5. The van der Waals surface area contributed by atoms with Gasteiger partial charge in [-0.1, -0.05) is 60.7 Å². The van der Waals surface area contributed by atoms with E-state index in [1.165, 1.54) is 25.7 Å². The number of benzene rings is 2. The molecule has 1 aliphatic heterocycles. The van der Waals surface area contributed by atoms with Crippen molar-refractivity contribution in [3.8, 4) is 0 Å². The summed E-state index contributed by atoms with van der Waals surface area (Å²) in [5.74, 6) is -11.4. The maximum Gasteiger partial charge on any atom is 0.245 e. The number of hydrogen-bond donors (Lipinski definition) is 22. The third kappa shape index (κ3) is 34.2. The van der Waals surface area contributed by atoms with E-state index in [1.807, 2.05) is 0 Å². The molecular formula is C67H111N25O14. The molecular weight excluding hydrogens is 1380 g/mol. The summed E-state index contributed by atoms with van der Waals surface area (Å²) in [6.07, 6.45) is 1.22. The van der Waals surface area contributed by atoms with Crippen molar-refractivity contribution < 1.29 is 67.4 Å². The summed E-state index contributed by atoms with van der Waals surface area (Å²) in [6, 6.07) is 2.96. The molecule has 0 spiro atoms. The number of nitrogens with two attached hydrogens (primary N) is 10. The summed E-state index contributed by atoms with van der Waals surface area (Å²) in [5, 5.41) is 38.8. The number of nitrogens with one attached hydrogen (secondary N) is 11. The van der Waals surface area contributed by atoms with Gasteiger partial charge in [0.2, 0.25) is 76.8 Å². The highest BCUT2D eigenvalue weighted by molar-refractivity contribution is 5.99. The lowest BCUT2D eigenvalue weighted by Gasteiger charge is -2.30. The molecule has 1 heterocycles. The summed E-state index contributed by atoms with van der Waals surface area (Å²) in [7, 11) is 0. The van der Waals surface area contributed by atoms with Crippen molar-refractivity contribution >= 4 is 94.7 Å². The zero-order chi connectivity index (χ0) is 78.8. The molecule has 1 fully saturated rings. The minimum Gasteiger partial charge on any atom is -0.391 e. The van der Waals surface area contributed by atoms with Gasteiger partial charge in [-0.3, -0.25) is 77.3 Å². The molecule has 0 unspecified atom stereocenters. The van der Waals surface area contributed by atoms with Gasteiger partial charge in [0.1, 0.15) is 60.4 Å². The molecule has 0 bridgehead atoms. The minimum absolute atomic E-state index is 0.00181. The van der Waals surface area contributed by atoms with Crippen LogP contribution in [-0.4, -0.2) is 230 Å². The molecule has 588 valence electrons. The first-order valence-electron chi connectivity index (χ1n) is 35.3. The largest absolute Gasteiger partial charge is 0.391 e. The number of carbonyl (C=O) groups is 13. The predicted octanol–water partition coefficient (Wildman–Crippen LogP) is -8.29. The molecule has 2 aromatic rings. The van der Waals surface area contributed by atoms with Crippen LogP contribution in [0.2, 0.25) is 0 Å². The lowest BCUT2D eigenvalue weighted by Crippen LogP contribution is -2.60. The van der Waals surface area contributed by atoms with Crippen LogP contribution in [0.4, 0.5) is 0 Å². The number of aliphatic hydroxyl groups is 1. The van der Waals surface area contributed by atoms with Crippen LogP contribution >= 0.6 is 0 Å². The Labute approximate surface area is 615 Å². The van der Waals surface area contributed by atoms with Crippen molar-refractivity contribution in [1.29, 1.82) is 0 Å². The van der Waals surface area contributed by atoms with Crippen LogP contribution in [0.1, 0.15) is 122 Å². The van der Waals surface area contributed by atoms with Gasteiger partial charge < -0.3 is 126 Å². The number of rotatable bonds is 49. The molecule has 3 rings (SSSR count). The van der Waals surface area contributed by atoms with E-state index < -0.39 is 162 Å². The lowest BCUT2D eigenvalue weighted by molar-refractivity contribution is -0.142. The molecule has 2 aromatic carbocycles. The number of aliphatic hydroxyl groups excluding tert-OH is 1. The number of likely N-dealkylation sites (tertiary alicyclic amines) is 1. The second-order valence-corrected chi connectivity index (χ2v) is 25.6. The van der Waals surface area contributed by atoms with Gasteiger partial charge in [-0.25, -0.2) is 0 Å². The van der Waals surface area contributed by atoms with Crippen molar-refractivity contribution in [2.75, 3.05) is 52.4 Å². The van der Waals surface area contributed by atoms with E-state index in [9.17, 15) is 67.4 Å². The van der Waals surface area contributed by atoms with Crippen molar-refractivity contribution in [1.82, 2.24) is 63.4 Å². The summed E-state index contributed by atoms with van der Waals surface area (Å²) in [4.78, 5) is 191. The Balaban J connectivity index is 1.76. The Kier molecular flexibility index (Phi) is 40.7. The first-order valence-corrected chi connectivity index (χ1v) is 35.3. The quantitative estimate of drug-likeness (QED) is 0.0166. The van der Waals surface area contributed by atoms with Gasteiger partial charge in [0.05, 0.1) is 25.2 Å². The van der Waals surface area contributed by atoms with Crippen LogP contribution < -0.4 is 116 Å². The van der Waals surface area contributed by atoms with Crippen molar-refractivity contribution in [2.24, 2.45) is 72.3 Å². The molecule has 106 heavy (non-hydrogen) atoms. The average Bonchev–Trinajstić information content (AvgIpc) is 1.61. The first kappa shape index (κ1) is 89.4. The minimum atomic E-state index is -1.76. The van der Waals surface area contributed by atoms with Crippen molar-refractivity contribution in [3.05, 3.63) is 71.8 Å². The van der Waals surface area contributed by atoms with E-state index in [0.29, 0.717) is 44.2 Å². The van der Waals surface area contributed by atoms with E-state index in [-0.39, 0.29) is 121 Å². The van der Waals surface area contributed by atoms with E-state index in [0.717, 1.165) is 5.56 Å². The van der Waals surface area contributed by atoms with Crippen LogP contribution in [0.3, 0.4) is 0 Å². The fraction of sp³-hybridized carbons (Fsp3) is 0.582. The molecule has 0 aliphatic carbocycles. The van der Waals surface area contributed by atoms with Crippen LogP contribution in [0.5, 0.6) is 0 Å². The molecule has 39 heteroatoms.